The summed E-state index contributed by atoms with van der Waals surface area (Å²) in [5.74, 6) is 0. The third kappa shape index (κ3) is 9.99. The lowest BCUT2D eigenvalue weighted by Gasteiger charge is -2.26. The number of urea groups is 2. The van der Waals surface area contributed by atoms with Gasteiger partial charge in [-0.1, -0.05) is 77.0 Å². The van der Waals surface area contributed by atoms with E-state index in [1.54, 1.807) is 0 Å². The van der Waals surface area contributed by atoms with Crippen LogP contribution in [0.1, 0.15) is 128 Å². The van der Waals surface area contributed by atoms with Crippen molar-refractivity contribution >= 4 is 12.1 Å². The van der Waals surface area contributed by atoms with Crippen LogP contribution in [0.3, 0.4) is 0 Å². The van der Waals surface area contributed by atoms with E-state index < -0.39 is 0 Å². The molecule has 4 aliphatic rings. The van der Waals surface area contributed by atoms with Gasteiger partial charge in [0.2, 0.25) is 0 Å². The van der Waals surface area contributed by atoms with Crippen LogP contribution in [0.15, 0.2) is 0 Å². The molecule has 0 spiro atoms. The third-order valence-corrected chi connectivity index (χ3v) is 7.76. The van der Waals surface area contributed by atoms with Crippen LogP contribution in [-0.2, 0) is 0 Å². The van der Waals surface area contributed by atoms with Crippen LogP contribution in [0, 0.1) is 0 Å². The first-order valence-electron chi connectivity index (χ1n) is 13.8. The summed E-state index contributed by atoms with van der Waals surface area (Å²) in [6.07, 6.45) is 24.8. The highest BCUT2D eigenvalue weighted by Crippen LogP contribution is 2.20. The molecule has 6 heteroatoms. The molecule has 0 aromatic carbocycles. The zero-order valence-electron chi connectivity index (χ0n) is 20.3. The van der Waals surface area contributed by atoms with E-state index in [-0.39, 0.29) is 12.1 Å². The minimum atomic E-state index is 0.0683. The van der Waals surface area contributed by atoms with E-state index in [4.69, 9.17) is 0 Å². The molecule has 0 aromatic rings. The summed E-state index contributed by atoms with van der Waals surface area (Å²) >= 11 is 0. The van der Waals surface area contributed by atoms with Crippen LogP contribution in [0.25, 0.3) is 0 Å². The number of carbonyl (C=O) groups is 2. The molecule has 184 valence electrons. The fraction of sp³-hybridized carbons (Fsp3) is 0.923. The number of rotatable bonds is 4. The summed E-state index contributed by atoms with van der Waals surface area (Å²) in [7, 11) is 0. The van der Waals surface area contributed by atoms with E-state index in [0.29, 0.717) is 24.2 Å². The molecule has 4 saturated carbocycles. The van der Waals surface area contributed by atoms with Gasteiger partial charge in [-0.25, -0.2) is 9.59 Å². The monoisotopic (exact) mass is 448 g/mol. The Morgan fingerprint density at radius 3 is 0.719 bits per heavy atom. The van der Waals surface area contributed by atoms with Crippen LogP contribution < -0.4 is 21.3 Å². The minimum Gasteiger partial charge on any atom is -0.335 e. The number of hydrogen-bond acceptors (Lipinski definition) is 2. The van der Waals surface area contributed by atoms with Crippen LogP contribution in [0.2, 0.25) is 0 Å². The lowest BCUT2D eigenvalue weighted by molar-refractivity contribution is 0.223. The fourth-order valence-corrected chi connectivity index (χ4v) is 5.81. The summed E-state index contributed by atoms with van der Waals surface area (Å²) in [6.45, 7) is 0. The second-order valence-corrected chi connectivity index (χ2v) is 10.6. The van der Waals surface area contributed by atoms with Gasteiger partial charge in [0, 0.05) is 24.2 Å². The molecule has 4 fully saturated rings. The van der Waals surface area contributed by atoms with Crippen molar-refractivity contribution in [2.75, 3.05) is 0 Å². The average molecular weight is 449 g/mol. The van der Waals surface area contributed by atoms with Gasteiger partial charge in [-0.15, -0.1) is 0 Å². The maximum atomic E-state index is 11.8. The van der Waals surface area contributed by atoms with Crippen LogP contribution in [0.5, 0.6) is 0 Å². The molecule has 0 unspecified atom stereocenters. The molecule has 32 heavy (non-hydrogen) atoms. The smallest absolute Gasteiger partial charge is 0.315 e. The SMILES string of the molecule is O=C(NC1CCCCC1)NC1CCCCC1.O=C(NC1CCCCC1)NC1CCCCC1. The van der Waals surface area contributed by atoms with Crippen molar-refractivity contribution in [2.45, 2.75) is 153 Å². The molecule has 0 aliphatic heterocycles. The van der Waals surface area contributed by atoms with E-state index in [1.807, 2.05) is 0 Å². The largest absolute Gasteiger partial charge is 0.335 e. The predicted molar refractivity (Wildman–Crippen MR) is 131 cm³/mol. The summed E-state index contributed by atoms with van der Waals surface area (Å²) < 4.78 is 0. The molecule has 0 bridgehead atoms. The Morgan fingerprint density at radius 1 is 0.344 bits per heavy atom. The first-order valence-corrected chi connectivity index (χ1v) is 13.8. The normalized spacial score (nSPS) is 24.0. The van der Waals surface area contributed by atoms with Gasteiger partial charge in [0.1, 0.15) is 0 Å². The zero-order chi connectivity index (χ0) is 22.4. The van der Waals surface area contributed by atoms with Crippen molar-refractivity contribution in [2.24, 2.45) is 0 Å². The second-order valence-electron chi connectivity index (χ2n) is 10.6. The zero-order valence-corrected chi connectivity index (χ0v) is 20.3. The Hall–Kier alpha value is -1.46. The number of nitrogens with one attached hydrogen (secondary N) is 4. The lowest BCUT2D eigenvalue weighted by atomic mass is 9.95. The summed E-state index contributed by atoms with van der Waals surface area (Å²) in [5.41, 5.74) is 0. The topological polar surface area (TPSA) is 82.3 Å². The molecular weight excluding hydrogens is 400 g/mol. The van der Waals surface area contributed by atoms with Gasteiger partial charge in [0.05, 0.1) is 0 Å². The third-order valence-electron chi connectivity index (χ3n) is 7.76. The summed E-state index contributed by atoms with van der Waals surface area (Å²) in [4.78, 5) is 23.5. The first-order chi connectivity index (χ1) is 15.7. The fourth-order valence-electron chi connectivity index (χ4n) is 5.81. The number of amides is 4. The molecule has 0 heterocycles. The van der Waals surface area contributed by atoms with E-state index in [9.17, 15) is 9.59 Å². The molecule has 4 N–H and O–H groups in total. The Kier molecular flexibility index (Phi) is 11.5. The van der Waals surface area contributed by atoms with Gasteiger partial charge in [0.15, 0.2) is 0 Å². The molecule has 4 amide bonds. The lowest BCUT2D eigenvalue weighted by Crippen LogP contribution is -2.47. The maximum absolute atomic E-state index is 11.8. The van der Waals surface area contributed by atoms with Crippen LogP contribution >= 0.6 is 0 Å². The van der Waals surface area contributed by atoms with E-state index in [1.165, 1.54) is 77.0 Å². The Labute approximate surface area is 195 Å². The highest BCUT2D eigenvalue weighted by Gasteiger charge is 2.20. The Balaban J connectivity index is 0.000000181. The van der Waals surface area contributed by atoms with E-state index in [2.05, 4.69) is 21.3 Å². The summed E-state index contributed by atoms with van der Waals surface area (Å²) in [6, 6.07) is 1.85. The van der Waals surface area contributed by atoms with Crippen molar-refractivity contribution in [3.63, 3.8) is 0 Å². The van der Waals surface area contributed by atoms with Gasteiger partial charge in [-0.2, -0.15) is 0 Å². The van der Waals surface area contributed by atoms with Crippen molar-refractivity contribution < 1.29 is 9.59 Å². The molecule has 4 rings (SSSR count). The Morgan fingerprint density at radius 2 is 0.531 bits per heavy atom. The molecule has 6 nitrogen and oxygen atoms in total. The highest BCUT2D eigenvalue weighted by molar-refractivity contribution is 5.75. The predicted octanol–water partition coefficient (Wildman–Crippen LogP) is 5.90. The standard InChI is InChI=1S/2C13H24N2O/c2*16-13(14-11-7-3-1-4-8-11)15-12-9-5-2-6-10-12/h2*11-12H,1-10H2,(H2,14,15,16). The van der Waals surface area contributed by atoms with Gasteiger partial charge >= 0.3 is 12.1 Å². The van der Waals surface area contributed by atoms with Gasteiger partial charge < -0.3 is 21.3 Å². The van der Waals surface area contributed by atoms with Crippen LogP contribution in [-0.4, -0.2) is 36.2 Å². The van der Waals surface area contributed by atoms with Crippen molar-refractivity contribution in [3.05, 3.63) is 0 Å². The average Bonchev–Trinajstić information content (AvgIpc) is 2.82. The highest BCUT2D eigenvalue weighted by atomic mass is 16.2. The minimum absolute atomic E-state index is 0.0683. The van der Waals surface area contributed by atoms with Crippen LogP contribution in [0.4, 0.5) is 9.59 Å². The molecule has 0 saturated heterocycles. The quantitative estimate of drug-likeness (QED) is 0.432. The molecule has 0 radical (unpaired) electrons. The summed E-state index contributed by atoms with van der Waals surface area (Å²) in [5, 5.41) is 12.5. The van der Waals surface area contributed by atoms with Crippen molar-refractivity contribution in [3.8, 4) is 0 Å². The molecule has 0 aromatic heterocycles. The van der Waals surface area contributed by atoms with E-state index >= 15 is 0 Å². The number of hydrogen-bond donors (Lipinski definition) is 4. The van der Waals surface area contributed by atoms with Crippen molar-refractivity contribution in [1.82, 2.24) is 21.3 Å². The number of carbonyl (C=O) groups excluding carboxylic acids is 2. The van der Waals surface area contributed by atoms with Crippen molar-refractivity contribution in [1.29, 1.82) is 0 Å². The van der Waals surface area contributed by atoms with Gasteiger partial charge in [0.25, 0.3) is 0 Å². The Bertz CT molecular complexity index is 440. The molecule has 4 aliphatic carbocycles. The van der Waals surface area contributed by atoms with Gasteiger partial charge in [-0.3, -0.25) is 0 Å². The molecule has 0 atom stereocenters. The second kappa shape index (κ2) is 14.6. The van der Waals surface area contributed by atoms with Gasteiger partial charge in [-0.05, 0) is 51.4 Å². The van der Waals surface area contributed by atoms with E-state index in [0.717, 1.165) is 51.4 Å². The molecular formula is C26H48N4O2. The first kappa shape index (κ1) is 25.2. The maximum Gasteiger partial charge on any atom is 0.315 e.